The van der Waals surface area contributed by atoms with Gasteiger partial charge in [0.1, 0.15) is 5.75 Å². The van der Waals surface area contributed by atoms with Gasteiger partial charge in [0, 0.05) is 0 Å². The van der Waals surface area contributed by atoms with E-state index in [1.807, 2.05) is 6.07 Å². The quantitative estimate of drug-likeness (QED) is 0.795. The van der Waals surface area contributed by atoms with Crippen LogP contribution in [0.15, 0.2) is 24.3 Å². The van der Waals surface area contributed by atoms with Gasteiger partial charge in [0.2, 0.25) is 0 Å². The number of methoxy groups -OCH3 is 1. The lowest BCUT2D eigenvalue weighted by Gasteiger charge is -2.15. The number of hydrogen-bond acceptors (Lipinski definition) is 3. The molecule has 4 nitrogen and oxygen atoms in total. The summed E-state index contributed by atoms with van der Waals surface area (Å²) in [5, 5.41) is 12.0. The summed E-state index contributed by atoms with van der Waals surface area (Å²) in [7, 11) is 1.53. The van der Waals surface area contributed by atoms with Crippen molar-refractivity contribution in [2.45, 2.75) is 18.4 Å². The molecule has 86 valence electrons. The number of carbonyl (C=O) groups is 1. The highest BCUT2D eigenvalue weighted by Gasteiger charge is 2.43. The Morgan fingerprint density at radius 1 is 1.50 bits per heavy atom. The van der Waals surface area contributed by atoms with E-state index in [9.17, 15) is 4.79 Å². The molecule has 2 N–H and O–H groups in total. The van der Waals surface area contributed by atoms with Gasteiger partial charge in [-0.15, -0.1) is 0 Å². The lowest BCUT2D eigenvalue weighted by atomic mass is 10.1. The number of para-hydroxylation sites is 1. The second-order valence-electron chi connectivity index (χ2n) is 4.09. The smallest absolute Gasteiger partial charge is 0.255 e. The highest BCUT2D eigenvalue weighted by atomic mass is 16.5. The molecule has 1 aromatic carbocycles. The maximum absolute atomic E-state index is 11.9. The van der Waals surface area contributed by atoms with Crippen LogP contribution in [0.3, 0.4) is 0 Å². The Kier molecular flexibility index (Phi) is 2.83. The zero-order valence-corrected chi connectivity index (χ0v) is 9.19. The molecule has 4 heteroatoms. The molecule has 1 fully saturated rings. The summed E-state index contributed by atoms with van der Waals surface area (Å²) in [4.78, 5) is 11.9. The summed E-state index contributed by atoms with van der Waals surface area (Å²) >= 11 is 0. The van der Waals surface area contributed by atoms with E-state index in [0.717, 1.165) is 12.8 Å². The Hall–Kier alpha value is -1.55. The SMILES string of the molecule is COc1ccccc1C(=O)NC1(CO)CC1. The Bertz CT molecular complexity index is 399. The minimum Gasteiger partial charge on any atom is -0.496 e. The third kappa shape index (κ3) is 2.02. The monoisotopic (exact) mass is 221 g/mol. The maximum Gasteiger partial charge on any atom is 0.255 e. The number of aliphatic hydroxyl groups is 1. The minimum atomic E-state index is -0.391. The molecule has 1 aliphatic carbocycles. The molecule has 1 saturated carbocycles. The zero-order valence-electron chi connectivity index (χ0n) is 9.19. The molecule has 1 aliphatic rings. The first-order valence-electron chi connectivity index (χ1n) is 5.27. The molecule has 0 bridgehead atoms. The van der Waals surface area contributed by atoms with Crippen molar-refractivity contribution in [1.82, 2.24) is 5.32 Å². The molecule has 0 radical (unpaired) electrons. The second-order valence-corrected chi connectivity index (χ2v) is 4.09. The van der Waals surface area contributed by atoms with Crippen molar-refractivity contribution in [1.29, 1.82) is 0 Å². The van der Waals surface area contributed by atoms with E-state index in [0.29, 0.717) is 11.3 Å². The Balaban J connectivity index is 2.14. The fourth-order valence-electron chi connectivity index (χ4n) is 1.61. The molecule has 2 rings (SSSR count). The number of amides is 1. The molecule has 0 heterocycles. The minimum absolute atomic E-state index is 0.00606. The lowest BCUT2D eigenvalue weighted by molar-refractivity contribution is 0.0904. The third-order valence-corrected chi connectivity index (χ3v) is 2.89. The van der Waals surface area contributed by atoms with Crippen LogP contribution in [0.1, 0.15) is 23.2 Å². The van der Waals surface area contributed by atoms with Crippen LogP contribution < -0.4 is 10.1 Å². The summed E-state index contributed by atoms with van der Waals surface area (Å²) in [5.41, 5.74) is 0.113. The number of rotatable bonds is 4. The lowest BCUT2D eigenvalue weighted by Crippen LogP contribution is -2.39. The van der Waals surface area contributed by atoms with Gasteiger partial charge < -0.3 is 15.2 Å². The van der Waals surface area contributed by atoms with E-state index in [1.165, 1.54) is 7.11 Å². The van der Waals surface area contributed by atoms with Crippen molar-refractivity contribution in [3.63, 3.8) is 0 Å². The topological polar surface area (TPSA) is 58.6 Å². The van der Waals surface area contributed by atoms with Gasteiger partial charge in [0.15, 0.2) is 0 Å². The molecule has 0 atom stereocenters. The van der Waals surface area contributed by atoms with Gasteiger partial charge in [0.25, 0.3) is 5.91 Å². The number of aliphatic hydroxyl groups excluding tert-OH is 1. The fourth-order valence-corrected chi connectivity index (χ4v) is 1.61. The molecule has 1 aromatic rings. The molecule has 0 unspecified atom stereocenters. The van der Waals surface area contributed by atoms with E-state index in [4.69, 9.17) is 9.84 Å². The van der Waals surface area contributed by atoms with Crippen LogP contribution in [0.4, 0.5) is 0 Å². The van der Waals surface area contributed by atoms with E-state index in [-0.39, 0.29) is 12.5 Å². The van der Waals surface area contributed by atoms with Crippen molar-refractivity contribution < 1.29 is 14.6 Å². The maximum atomic E-state index is 11.9. The van der Waals surface area contributed by atoms with Crippen LogP contribution in [0.2, 0.25) is 0 Å². The molecule has 0 aromatic heterocycles. The van der Waals surface area contributed by atoms with Crippen LogP contribution in [0.5, 0.6) is 5.75 Å². The molecule has 0 aliphatic heterocycles. The third-order valence-electron chi connectivity index (χ3n) is 2.89. The molecule has 16 heavy (non-hydrogen) atoms. The van der Waals surface area contributed by atoms with E-state index in [1.54, 1.807) is 18.2 Å². The first kappa shape index (κ1) is 11.0. The van der Waals surface area contributed by atoms with Crippen molar-refractivity contribution in [3.05, 3.63) is 29.8 Å². The van der Waals surface area contributed by atoms with Crippen LogP contribution in [0.25, 0.3) is 0 Å². The van der Waals surface area contributed by atoms with Gasteiger partial charge >= 0.3 is 0 Å². The highest BCUT2D eigenvalue weighted by Crippen LogP contribution is 2.35. The summed E-state index contributed by atoms with van der Waals surface area (Å²) in [6.45, 7) is -0.00606. The first-order valence-corrected chi connectivity index (χ1v) is 5.27. The average Bonchev–Trinajstić information content (AvgIpc) is 3.09. The molecular weight excluding hydrogens is 206 g/mol. The Morgan fingerprint density at radius 2 is 2.19 bits per heavy atom. The predicted molar refractivity (Wildman–Crippen MR) is 59.5 cm³/mol. The van der Waals surface area contributed by atoms with E-state index < -0.39 is 5.54 Å². The summed E-state index contributed by atoms with van der Waals surface area (Å²) in [6, 6.07) is 7.06. The van der Waals surface area contributed by atoms with Gasteiger partial charge in [-0.2, -0.15) is 0 Å². The summed E-state index contributed by atoms with van der Waals surface area (Å²) in [5.74, 6) is 0.359. The summed E-state index contributed by atoms with van der Waals surface area (Å²) in [6.07, 6.45) is 1.68. The van der Waals surface area contributed by atoms with Crippen LogP contribution in [0, 0.1) is 0 Å². The van der Waals surface area contributed by atoms with Gasteiger partial charge in [0.05, 0.1) is 24.8 Å². The molecule has 1 amide bonds. The van der Waals surface area contributed by atoms with Gasteiger partial charge in [-0.05, 0) is 25.0 Å². The van der Waals surface area contributed by atoms with Crippen molar-refractivity contribution in [2.75, 3.05) is 13.7 Å². The van der Waals surface area contributed by atoms with E-state index in [2.05, 4.69) is 5.32 Å². The van der Waals surface area contributed by atoms with Crippen molar-refractivity contribution in [3.8, 4) is 5.75 Å². The Morgan fingerprint density at radius 3 is 2.75 bits per heavy atom. The van der Waals surface area contributed by atoms with Gasteiger partial charge in [-0.25, -0.2) is 0 Å². The van der Waals surface area contributed by atoms with Crippen LogP contribution in [-0.2, 0) is 0 Å². The second kappa shape index (κ2) is 4.14. The number of hydrogen-bond donors (Lipinski definition) is 2. The summed E-state index contributed by atoms with van der Waals surface area (Å²) < 4.78 is 5.11. The standard InChI is InChI=1S/C12H15NO3/c1-16-10-5-3-2-4-9(10)11(15)13-12(8-14)6-7-12/h2-5,14H,6-8H2,1H3,(H,13,15). The molecule has 0 spiro atoms. The largest absolute Gasteiger partial charge is 0.496 e. The Labute approximate surface area is 94.2 Å². The van der Waals surface area contributed by atoms with Crippen molar-refractivity contribution in [2.24, 2.45) is 0 Å². The number of carbonyl (C=O) groups excluding carboxylic acids is 1. The number of benzene rings is 1. The molecular formula is C12H15NO3. The number of nitrogens with one attached hydrogen (secondary N) is 1. The molecule has 0 saturated heterocycles. The zero-order chi connectivity index (χ0) is 11.6. The van der Waals surface area contributed by atoms with E-state index >= 15 is 0 Å². The van der Waals surface area contributed by atoms with Gasteiger partial charge in [-0.3, -0.25) is 4.79 Å². The van der Waals surface area contributed by atoms with Crippen LogP contribution in [-0.4, -0.2) is 30.3 Å². The predicted octanol–water partition coefficient (Wildman–Crippen LogP) is 0.950. The average molecular weight is 221 g/mol. The first-order chi connectivity index (χ1) is 7.71. The van der Waals surface area contributed by atoms with Crippen LogP contribution >= 0.6 is 0 Å². The fraction of sp³-hybridized carbons (Fsp3) is 0.417. The van der Waals surface area contributed by atoms with Crippen molar-refractivity contribution >= 4 is 5.91 Å². The highest BCUT2D eigenvalue weighted by molar-refractivity contribution is 5.97. The van der Waals surface area contributed by atoms with Gasteiger partial charge in [-0.1, -0.05) is 12.1 Å². The normalized spacial score (nSPS) is 16.6. The number of ether oxygens (including phenoxy) is 1.